The Morgan fingerprint density at radius 2 is 1.89 bits per heavy atom. The van der Waals surface area contributed by atoms with Gasteiger partial charge in [-0.3, -0.25) is 4.79 Å². The second-order valence-corrected chi connectivity index (χ2v) is 5.09. The Morgan fingerprint density at radius 3 is 2.37 bits per heavy atom. The van der Waals surface area contributed by atoms with Gasteiger partial charge in [-0.25, -0.2) is 0 Å². The van der Waals surface area contributed by atoms with E-state index in [1.807, 2.05) is 57.0 Å². The summed E-state index contributed by atoms with van der Waals surface area (Å²) < 4.78 is 0. The van der Waals surface area contributed by atoms with E-state index in [1.165, 1.54) is 0 Å². The molecular weight excluding hydrogens is 240 g/mol. The fourth-order valence-electron chi connectivity index (χ4n) is 1.86. The zero-order valence-corrected chi connectivity index (χ0v) is 12.2. The Labute approximate surface area is 115 Å². The van der Waals surface area contributed by atoms with Crippen LogP contribution in [-0.4, -0.2) is 30.6 Å². The van der Waals surface area contributed by atoms with Gasteiger partial charge < -0.3 is 15.3 Å². The highest BCUT2D eigenvalue weighted by atomic mass is 16.3. The van der Waals surface area contributed by atoms with Gasteiger partial charge in [-0.05, 0) is 38.0 Å². The largest absolute Gasteiger partial charge is 0.388 e. The zero-order valence-electron chi connectivity index (χ0n) is 12.2. The SMILES string of the molecule is CCC(O)c1ccc(N(C)CC(=O)NC(C)C)cc1. The minimum atomic E-state index is -0.413. The van der Waals surface area contributed by atoms with Crippen LogP contribution in [0.3, 0.4) is 0 Å². The highest BCUT2D eigenvalue weighted by Crippen LogP contribution is 2.20. The Kier molecular flexibility index (Phi) is 5.83. The van der Waals surface area contributed by atoms with Gasteiger partial charge in [-0.2, -0.15) is 0 Å². The lowest BCUT2D eigenvalue weighted by Crippen LogP contribution is -2.38. The molecule has 1 amide bonds. The maximum atomic E-state index is 11.7. The number of aliphatic hydroxyl groups excluding tert-OH is 1. The first-order valence-electron chi connectivity index (χ1n) is 6.72. The van der Waals surface area contributed by atoms with Gasteiger partial charge in [0.15, 0.2) is 0 Å². The van der Waals surface area contributed by atoms with Crippen molar-refractivity contribution in [3.63, 3.8) is 0 Å². The highest BCUT2D eigenvalue weighted by Gasteiger charge is 2.09. The van der Waals surface area contributed by atoms with Crippen LogP contribution in [0.25, 0.3) is 0 Å². The van der Waals surface area contributed by atoms with Crippen LogP contribution in [0.5, 0.6) is 0 Å². The molecule has 0 spiro atoms. The lowest BCUT2D eigenvalue weighted by atomic mass is 10.1. The minimum absolute atomic E-state index is 0.00942. The van der Waals surface area contributed by atoms with Crippen molar-refractivity contribution in [3.8, 4) is 0 Å². The van der Waals surface area contributed by atoms with Gasteiger partial charge in [0.25, 0.3) is 0 Å². The first-order valence-corrected chi connectivity index (χ1v) is 6.72. The Hall–Kier alpha value is -1.55. The molecule has 2 N–H and O–H groups in total. The van der Waals surface area contributed by atoms with Gasteiger partial charge in [0.05, 0.1) is 12.6 Å². The molecule has 1 aromatic carbocycles. The molecule has 1 atom stereocenters. The van der Waals surface area contributed by atoms with Crippen LogP contribution in [0.2, 0.25) is 0 Å². The van der Waals surface area contributed by atoms with E-state index in [2.05, 4.69) is 5.32 Å². The third-order valence-corrected chi connectivity index (χ3v) is 2.94. The number of likely N-dealkylation sites (N-methyl/N-ethyl adjacent to an activating group) is 1. The second-order valence-electron chi connectivity index (χ2n) is 5.09. The number of hydrogen-bond donors (Lipinski definition) is 2. The van der Waals surface area contributed by atoms with Crippen molar-refractivity contribution in [2.24, 2.45) is 0 Å². The molecule has 4 nitrogen and oxygen atoms in total. The fourth-order valence-corrected chi connectivity index (χ4v) is 1.86. The van der Waals surface area contributed by atoms with E-state index in [4.69, 9.17) is 0 Å². The van der Waals surface area contributed by atoms with Crippen molar-refractivity contribution >= 4 is 11.6 Å². The van der Waals surface area contributed by atoms with Crippen LogP contribution in [0.15, 0.2) is 24.3 Å². The van der Waals surface area contributed by atoms with Crippen LogP contribution in [0.1, 0.15) is 38.9 Å². The van der Waals surface area contributed by atoms with Crippen LogP contribution in [0.4, 0.5) is 5.69 Å². The van der Waals surface area contributed by atoms with Crippen LogP contribution in [-0.2, 0) is 4.79 Å². The van der Waals surface area contributed by atoms with Gasteiger partial charge in [-0.15, -0.1) is 0 Å². The van der Waals surface area contributed by atoms with Crippen molar-refractivity contribution in [3.05, 3.63) is 29.8 Å². The first-order chi connectivity index (χ1) is 8.93. The molecule has 0 aliphatic carbocycles. The first kappa shape index (κ1) is 15.5. The van der Waals surface area contributed by atoms with Crippen molar-refractivity contribution in [2.45, 2.75) is 39.3 Å². The highest BCUT2D eigenvalue weighted by molar-refractivity contribution is 5.81. The van der Waals surface area contributed by atoms with Gasteiger partial charge in [-0.1, -0.05) is 19.1 Å². The zero-order chi connectivity index (χ0) is 14.4. The summed E-state index contributed by atoms with van der Waals surface area (Å²) in [5.41, 5.74) is 1.87. The summed E-state index contributed by atoms with van der Waals surface area (Å²) in [6, 6.07) is 7.82. The van der Waals surface area contributed by atoms with Crippen molar-refractivity contribution < 1.29 is 9.90 Å². The van der Waals surface area contributed by atoms with E-state index < -0.39 is 6.10 Å². The lowest BCUT2D eigenvalue weighted by molar-refractivity contribution is -0.120. The van der Waals surface area contributed by atoms with E-state index in [0.29, 0.717) is 13.0 Å². The smallest absolute Gasteiger partial charge is 0.239 e. The minimum Gasteiger partial charge on any atom is -0.388 e. The second kappa shape index (κ2) is 7.14. The number of aliphatic hydroxyl groups is 1. The molecule has 4 heteroatoms. The van der Waals surface area contributed by atoms with Gasteiger partial charge in [0, 0.05) is 18.8 Å². The lowest BCUT2D eigenvalue weighted by Gasteiger charge is -2.20. The molecular formula is C15H24N2O2. The molecule has 0 bridgehead atoms. The molecule has 0 saturated carbocycles. The van der Waals surface area contributed by atoms with Crippen molar-refractivity contribution in [2.75, 3.05) is 18.5 Å². The summed E-state index contributed by atoms with van der Waals surface area (Å²) in [4.78, 5) is 13.6. The number of carbonyl (C=O) groups excluding carboxylic acids is 1. The maximum Gasteiger partial charge on any atom is 0.239 e. The predicted molar refractivity (Wildman–Crippen MR) is 78.2 cm³/mol. The van der Waals surface area contributed by atoms with E-state index in [0.717, 1.165) is 11.3 Å². The number of carbonyl (C=O) groups is 1. The summed E-state index contributed by atoms with van der Waals surface area (Å²) >= 11 is 0. The molecule has 0 fully saturated rings. The molecule has 0 aromatic heterocycles. The number of nitrogens with zero attached hydrogens (tertiary/aromatic N) is 1. The summed E-state index contributed by atoms with van der Waals surface area (Å²) in [7, 11) is 1.88. The molecule has 1 aromatic rings. The Morgan fingerprint density at radius 1 is 1.32 bits per heavy atom. The number of anilines is 1. The number of rotatable bonds is 6. The van der Waals surface area contributed by atoms with Crippen molar-refractivity contribution in [1.82, 2.24) is 5.32 Å². The number of benzene rings is 1. The monoisotopic (exact) mass is 264 g/mol. The average Bonchev–Trinajstić information content (AvgIpc) is 2.36. The molecule has 0 aliphatic rings. The fraction of sp³-hybridized carbons (Fsp3) is 0.533. The van der Waals surface area contributed by atoms with Crippen molar-refractivity contribution in [1.29, 1.82) is 0 Å². The summed E-state index contributed by atoms with van der Waals surface area (Å²) in [6.07, 6.45) is 0.287. The topological polar surface area (TPSA) is 52.6 Å². The molecule has 19 heavy (non-hydrogen) atoms. The van der Waals surface area contributed by atoms with E-state index in [-0.39, 0.29) is 11.9 Å². The van der Waals surface area contributed by atoms with Gasteiger partial charge in [0.2, 0.25) is 5.91 Å². The van der Waals surface area contributed by atoms with Gasteiger partial charge in [0.1, 0.15) is 0 Å². The van der Waals surface area contributed by atoms with Gasteiger partial charge >= 0.3 is 0 Å². The summed E-state index contributed by atoms with van der Waals surface area (Å²) in [5.74, 6) is 0.00942. The molecule has 0 aliphatic heterocycles. The Bertz CT molecular complexity index is 401. The number of nitrogens with one attached hydrogen (secondary N) is 1. The van der Waals surface area contributed by atoms with E-state index >= 15 is 0 Å². The number of hydrogen-bond acceptors (Lipinski definition) is 3. The summed E-state index contributed by atoms with van der Waals surface area (Å²) in [6.45, 7) is 6.16. The third-order valence-electron chi connectivity index (χ3n) is 2.94. The third kappa shape index (κ3) is 4.91. The number of amides is 1. The standard InChI is InChI=1S/C15H24N2O2/c1-5-14(18)12-6-8-13(9-7-12)17(4)10-15(19)16-11(2)3/h6-9,11,14,18H,5,10H2,1-4H3,(H,16,19). The molecule has 0 heterocycles. The van der Waals surface area contributed by atoms with E-state index in [1.54, 1.807) is 0 Å². The molecule has 1 rings (SSSR count). The van der Waals surface area contributed by atoms with Crippen LogP contribution < -0.4 is 10.2 Å². The predicted octanol–water partition coefficient (Wildman–Crippen LogP) is 2.09. The molecule has 0 radical (unpaired) electrons. The molecule has 106 valence electrons. The Balaban J connectivity index is 2.62. The maximum absolute atomic E-state index is 11.7. The van der Waals surface area contributed by atoms with Crippen LogP contribution in [0, 0.1) is 0 Å². The summed E-state index contributed by atoms with van der Waals surface area (Å²) in [5, 5.41) is 12.6. The molecule has 0 saturated heterocycles. The normalized spacial score (nSPS) is 12.3. The van der Waals surface area contributed by atoms with E-state index in [9.17, 15) is 9.90 Å². The molecule has 1 unspecified atom stereocenters. The van der Waals surface area contributed by atoms with Crippen LogP contribution >= 0.6 is 0 Å². The average molecular weight is 264 g/mol. The quantitative estimate of drug-likeness (QED) is 0.827.